The van der Waals surface area contributed by atoms with Crippen LogP contribution in [0.2, 0.25) is 0 Å². The molecule has 4 nitrogen and oxygen atoms in total. The molecule has 2 aromatic rings. The number of rotatable bonds is 7. The fraction of sp³-hybridized carbons (Fsp3) is 0.263. The molecule has 5 heteroatoms. The van der Waals surface area contributed by atoms with Crippen molar-refractivity contribution in [1.82, 2.24) is 0 Å². The summed E-state index contributed by atoms with van der Waals surface area (Å²) in [6.07, 6.45) is 0.837. The molecular formula is C19H20FNO3. The first-order chi connectivity index (χ1) is 11.4. The predicted molar refractivity (Wildman–Crippen MR) is 90.3 cm³/mol. The Balaban J connectivity index is 1.89. The summed E-state index contributed by atoms with van der Waals surface area (Å²) in [4.78, 5) is 22.8. The van der Waals surface area contributed by atoms with E-state index in [0.29, 0.717) is 24.1 Å². The Bertz CT molecular complexity index is 730. The van der Waals surface area contributed by atoms with Gasteiger partial charge in [-0.25, -0.2) is 4.39 Å². The number of hydrogen-bond acceptors (Lipinski definition) is 2. The molecule has 1 atom stereocenters. The van der Waals surface area contributed by atoms with Gasteiger partial charge in [0, 0.05) is 12.1 Å². The average Bonchev–Trinajstić information content (AvgIpc) is 2.46. The Morgan fingerprint density at radius 3 is 2.54 bits per heavy atom. The molecule has 0 radical (unpaired) electrons. The zero-order chi connectivity index (χ0) is 17.5. The first-order valence-electron chi connectivity index (χ1n) is 7.77. The van der Waals surface area contributed by atoms with Crippen LogP contribution in [-0.4, -0.2) is 17.0 Å². The number of carboxylic acid groups (broad SMARTS) is 1. The summed E-state index contributed by atoms with van der Waals surface area (Å²) in [5.41, 5.74) is 2.07. The van der Waals surface area contributed by atoms with Gasteiger partial charge in [-0.1, -0.05) is 31.2 Å². The van der Waals surface area contributed by atoms with E-state index in [4.69, 9.17) is 5.11 Å². The highest BCUT2D eigenvalue weighted by Crippen LogP contribution is 2.16. The van der Waals surface area contributed by atoms with Crippen molar-refractivity contribution in [3.05, 3.63) is 65.5 Å². The summed E-state index contributed by atoms with van der Waals surface area (Å²) in [6.45, 7) is 1.94. The van der Waals surface area contributed by atoms with Crippen LogP contribution in [0, 0.1) is 11.7 Å². The van der Waals surface area contributed by atoms with Crippen LogP contribution in [0.3, 0.4) is 0 Å². The number of carboxylic acids is 1. The highest BCUT2D eigenvalue weighted by Gasteiger charge is 2.11. The van der Waals surface area contributed by atoms with Crippen LogP contribution in [0.5, 0.6) is 0 Å². The topological polar surface area (TPSA) is 66.4 Å². The lowest BCUT2D eigenvalue weighted by molar-refractivity contribution is -0.136. The second-order valence-electron chi connectivity index (χ2n) is 5.96. The molecule has 0 aliphatic rings. The fourth-order valence-electron chi connectivity index (χ4n) is 2.60. The van der Waals surface area contributed by atoms with Gasteiger partial charge in [-0.2, -0.15) is 0 Å². The number of carbonyl (C=O) groups excluding carboxylic acids is 1. The standard InChI is InChI=1S/C19H20FNO3/c1-13(8-14-4-2-6-16(20)10-14)9-18(22)21-17-7-3-5-15(11-17)12-19(23)24/h2-7,10-11,13H,8-9,12H2,1H3,(H,21,22)(H,23,24). The van der Waals surface area contributed by atoms with Gasteiger partial charge in [0.05, 0.1) is 6.42 Å². The summed E-state index contributed by atoms with van der Waals surface area (Å²) < 4.78 is 13.2. The van der Waals surface area contributed by atoms with E-state index in [1.165, 1.54) is 12.1 Å². The smallest absolute Gasteiger partial charge is 0.307 e. The molecule has 0 saturated carbocycles. The van der Waals surface area contributed by atoms with Crippen molar-refractivity contribution in [2.45, 2.75) is 26.2 Å². The molecule has 0 fully saturated rings. The lowest BCUT2D eigenvalue weighted by Gasteiger charge is -2.12. The minimum absolute atomic E-state index is 0.0639. The van der Waals surface area contributed by atoms with Crippen LogP contribution in [0.25, 0.3) is 0 Å². The molecule has 2 rings (SSSR count). The number of aliphatic carboxylic acids is 1. The van der Waals surface area contributed by atoms with E-state index in [0.717, 1.165) is 5.56 Å². The van der Waals surface area contributed by atoms with E-state index in [1.54, 1.807) is 30.3 Å². The van der Waals surface area contributed by atoms with Gasteiger partial charge in [0.15, 0.2) is 0 Å². The van der Waals surface area contributed by atoms with Crippen molar-refractivity contribution in [2.75, 3.05) is 5.32 Å². The van der Waals surface area contributed by atoms with E-state index in [1.807, 2.05) is 13.0 Å². The number of carbonyl (C=O) groups is 2. The van der Waals surface area contributed by atoms with E-state index in [-0.39, 0.29) is 24.1 Å². The molecule has 2 aromatic carbocycles. The molecule has 0 bridgehead atoms. The van der Waals surface area contributed by atoms with Gasteiger partial charge in [0.2, 0.25) is 5.91 Å². The molecule has 2 N–H and O–H groups in total. The molecule has 1 unspecified atom stereocenters. The van der Waals surface area contributed by atoms with E-state index in [9.17, 15) is 14.0 Å². The van der Waals surface area contributed by atoms with Crippen LogP contribution in [0.4, 0.5) is 10.1 Å². The molecule has 126 valence electrons. The zero-order valence-electron chi connectivity index (χ0n) is 13.5. The molecule has 24 heavy (non-hydrogen) atoms. The van der Waals surface area contributed by atoms with Crippen LogP contribution in [0.1, 0.15) is 24.5 Å². The highest BCUT2D eigenvalue weighted by molar-refractivity contribution is 5.91. The van der Waals surface area contributed by atoms with Crippen molar-refractivity contribution in [2.24, 2.45) is 5.92 Å². The minimum atomic E-state index is -0.915. The summed E-state index contributed by atoms with van der Waals surface area (Å²) in [6, 6.07) is 13.2. The molecule has 1 amide bonds. The number of amides is 1. The molecule has 0 aliphatic carbocycles. The largest absolute Gasteiger partial charge is 0.481 e. The predicted octanol–water partition coefficient (Wildman–Crippen LogP) is 3.66. The second kappa shape index (κ2) is 8.24. The Kier molecular flexibility index (Phi) is 6.07. The van der Waals surface area contributed by atoms with E-state index < -0.39 is 5.97 Å². The summed E-state index contributed by atoms with van der Waals surface area (Å²) in [5, 5.41) is 11.6. The van der Waals surface area contributed by atoms with Crippen LogP contribution in [-0.2, 0) is 22.4 Å². The van der Waals surface area contributed by atoms with Gasteiger partial charge in [0.1, 0.15) is 5.82 Å². The maximum absolute atomic E-state index is 13.2. The number of anilines is 1. The van der Waals surface area contributed by atoms with Gasteiger partial charge in [-0.15, -0.1) is 0 Å². The first kappa shape index (κ1) is 17.7. The molecule has 0 saturated heterocycles. The third-order valence-electron chi connectivity index (χ3n) is 3.57. The number of benzene rings is 2. The lowest BCUT2D eigenvalue weighted by Crippen LogP contribution is -2.16. The quantitative estimate of drug-likeness (QED) is 0.814. The summed E-state index contributed by atoms with van der Waals surface area (Å²) in [7, 11) is 0. The molecule has 0 spiro atoms. The van der Waals surface area contributed by atoms with Crippen molar-refractivity contribution < 1.29 is 19.1 Å². The third kappa shape index (κ3) is 5.83. The lowest BCUT2D eigenvalue weighted by atomic mass is 9.97. The van der Waals surface area contributed by atoms with Crippen molar-refractivity contribution in [3.8, 4) is 0 Å². The molecule has 0 aliphatic heterocycles. The zero-order valence-corrected chi connectivity index (χ0v) is 13.5. The van der Waals surface area contributed by atoms with Gasteiger partial charge >= 0.3 is 5.97 Å². The van der Waals surface area contributed by atoms with Gasteiger partial charge in [0.25, 0.3) is 0 Å². The van der Waals surface area contributed by atoms with Crippen LogP contribution >= 0.6 is 0 Å². The van der Waals surface area contributed by atoms with E-state index in [2.05, 4.69) is 5.32 Å². The summed E-state index contributed by atoms with van der Waals surface area (Å²) in [5.74, 6) is -1.28. The second-order valence-corrected chi connectivity index (χ2v) is 5.96. The Hall–Kier alpha value is -2.69. The van der Waals surface area contributed by atoms with Gasteiger partial charge < -0.3 is 10.4 Å². The normalized spacial score (nSPS) is 11.8. The average molecular weight is 329 g/mol. The Morgan fingerprint density at radius 1 is 1.12 bits per heavy atom. The van der Waals surface area contributed by atoms with Crippen molar-refractivity contribution in [3.63, 3.8) is 0 Å². The fourth-order valence-corrected chi connectivity index (χ4v) is 2.60. The monoisotopic (exact) mass is 329 g/mol. The maximum atomic E-state index is 13.2. The number of halogens is 1. The highest BCUT2D eigenvalue weighted by atomic mass is 19.1. The molecule has 0 aromatic heterocycles. The SMILES string of the molecule is CC(CC(=O)Nc1cccc(CC(=O)O)c1)Cc1cccc(F)c1. The first-order valence-corrected chi connectivity index (χ1v) is 7.77. The Labute approximate surface area is 140 Å². The molecule has 0 heterocycles. The molecular weight excluding hydrogens is 309 g/mol. The van der Waals surface area contributed by atoms with Crippen molar-refractivity contribution >= 4 is 17.6 Å². The summed E-state index contributed by atoms with van der Waals surface area (Å²) >= 11 is 0. The van der Waals surface area contributed by atoms with Gasteiger partial charge in [-0.3, -0.25) is 9.59 Å². The van der Waals surface area contributed by atoms with E-state index >= 15 is 0 Å². The minimum Gasteiger partial charge on any atom is -0.481 e. The number of hydrogen-bond donors (Lipinski definition) is 2. The number of nitrogens with one attached hydrogen (secondary N) is 1. The Morgan fingerprint density at radius 2 is 1.83 bits per heavy atom. The maximum Gasteiger partial charge on any atom is 0.307 e. The van der Waals surface area contributed by atoms with Crippen molar-refractivity contribution in [1.29, 1.82) is 0 Å². The van der Waals surface area contributed by atoms with Crippen LogP contribution < -0.4 is 5.32 Å². The van der Waals surface area contributed by atoms with Crippen LogP contribution in [0.15, 0.2) is 48.5 Å². The van der Waals surface area contributed by atoms with Gasteiger partial charge in [-0.05, 0) is 47.7 Å². The third-order valence-corrected chi connectivity index (χ3v) is 3.57.